The Morgan fingerprint density at radius 3 is 2.43 bits per heavy atom. The molecular formula is C17H25N3O3. The highest BCUT2D eigenvalue weighted by Gasteiger charge is 2.24. The molecule has 1 aliphatic rings. The van der Waals surface area contributed by atoms with Gasteiger partial charge in [-0.15, -0.1) is 0 Å². The lowest BCUT2D eigenvalue weighted by molar-refractivity contribution is -0.126. The van der Waals surface area contributed by atoms with Crippen LogP contribution in [0.25, 0.3) is 0 Å². The molecule has 1 aromatic carbocycles. The van der Waals surface area contributed by atoms with E-state index in [1.807, 2.05) is 19.1 Å². The number of rotatable bonds is 7. The van der Waals surface area contributed by atoms with Crippen LogP contribution in [-0.2, 0) is 9.59 Å². The molecule has 1 aromatic rings. The molecule has 6 nitrogen and oxygen atoms in total. The highest BCUT2D eigenvalue weighted by atomic mass is 16.5. The van der Waals surface area contributed by atoms with Gasteiger partial charge in [0.2, 0.25) is 5.91 Å². The Bertz CT molecular complexity index is 559. The molecule has 1 fully saturated rings. The zero-order valence-corrected chi connectivity index (χ0v) is 13.9. The summed E-state index contributed by atoms with van der Waals surface area (Å²) in [6.07, 6.45) is 2.12. The second-order valence-electron chi connectivity index (χ2n) is 6.62. The predicted octanol–water partition coefficient (Wildman–Crippen LogP) is 1.26. The molecule has 1 saturated carbocycles. The number of ether oxygens (including phenoxy) is 1. The Morgan fingerprint density at radius 1 is 1.30 bits per heavy atom. The van der Waals surface area contributed by atoms with E-state index < -0.39 is 5.54 Å². The minimum absolute atomic E-state index is 0.0174. The van der Waals surface area contributed by atoms with E-state index in [0.29, 0.717) is 11.8 Å². The maximum atomic E-state index is 11.9. The third-order valence-electron chi connectivity index (χ3n) is 3.63. The van der Waals surface area contributed by atoms with Crippen molar-refractivity contribution in [2.24, 2.45) is 5.73 Å². The molecule has 0 spiro atoms. The van der Waals surface area contributed by atoms with E-state index in [9.17, 15) is 9.59 Å². The van der Waals surface area contributed by atoms with E-state index >= 15 is 0 Å². The van der Waals surface area contributed by atoms with Crippen molar-refractivity contribution >= 4 is 11.8 Å². The third kappa shape index (κ3) is 5.56. The molecular weight excluding hydrogens is 294 g/mol. The van der Waals surface area contributed by atoms with Gasteiger partial charge in [-0.2, -0.15) is 0 Å². The van der Waals surface area contributed by atoms with Crippen molar-refractivity contribution in [2.75, 3.05) is 6.61 Å². The average Bonchev–Trinajstić information content (AvgIpc) is 3.28. The Balaban J connectivity index is 1.83. The second-order valence-corrected chi connectivity index (χ2v) is 6.62. The monoisotopic (exact) mass is 319 g/mol. The summed E-state index contributed by atoms with van der Waals surface area (Å²) in [6.45, 7) is 5.24. The van der Waals surface area contributed by atoms with Crippen LogP contribution >= 0.6 is 0 Å². The van der Waals surface area contributed by atoms with Crippen molar-refractivity contribution in [3.05, 3.63) is 29.8 Å². The largest absolute Gasteiger partial charge is 0.484 e. The first-order chi connectivity index (χ1) is 10.8. The second kappa shape index (κ2) is 7.00. The van der Waals surface area contributed by atoms with E-state index in [0.717, 1.165) is 18.4 Å². The SMILES string of the molecule is CC(NC(=O)C(C)(C)N)c1ccc(OCC(=O)NC2CC2)cc1. The van der Waals surface area contributed by atoms with Gasteiger partial charge in [0.25, 0.3) is 5.91 Å². The Kier molecular flexibility index (Phi) is 5.26. The maximum Gasteiger partial charge on any atom is 0.258 e. The van der Waals surface area contributed by atoms with Crippen molar-refractivity contribution in [3.8, 4) is 5.75 Å². The van der Waals surface area contributed by atoms with Crippen LogP contribution in [0.3, 0.4) is 0 Å². The summed E-state index contributed by atoms with van der Waals surface area (Å²) in [5.41, 5.74) is 5.80. The lowest BCUT2D eigenvalue weighted by atomic mass is 10.0. The fourth-order valence-electron chi connectivity index (χ4n) is 1.96. The first-order valence-electron chi connectivity index (χ1n) is 7.87. The van der Waals surface area contributed by atoms with Gasteiger partial charge in [-0.25, -0.2) is 0 Å². The summed E-state index contributed by atoms with van der Waals surface area (Å²) in [5, 5.41) is 5.73. The number of nitrogens with one attached hydrogen (secondary N) is 2. The summed E-state index contributed by atoms with van der Waals surface area (Å²) in [7, 11) is 0. The summed E-state index contributed by atoms with van der Waals surface area (Å²) in [4.78, 5) is 23.4. The standard InChI is InChI=1S/C17H25N3O3/c1-11(19-16(22)17(2,3)18)12-4-8-14(9-5-12)23-10-15(21)20-13-6-7-13/h4-5,8-9,11,13H,6-7,10,18H2,1-3H3,(H,19,22)(H,20,21). The van der Waals surface area contributed by atoms with Crippen LogP contribution in [0.4, 0.5) is 0 Å². The van der Waals surface area contributed by atoms with E-state index in [4.69, 9.17) is 10.5 Å². The number of amides is 2. The highest BCUT2D eigenvalue weighted by molar-refractivity contribution is 5.85. The fourth-order valence-corrected chi connectivity index (χ4v) is 1.96. The molecule has 6 heteroatoms. The van der Waals surface area contributed by atoms with E-state index in [1.54, 1.807) is 26.0 Å². The summed E-state index contributed by atoms with van der Waals surface area (Å²) in [6, 6.07) is 7.49. The number of hydrogen-bond acceptors (Lipinski definition) is 4. The van der Waals surface area contributed by atoms with Crippen LogP contribution in [0, 0.1) is 0 Å². The van der Waals surface area contributed by atoms with Crippen molar-refractivity contribution in [3.63, 3.8) is 0 Å². The van der Waals surface area contributed by atoms with Gasteiger partial charge in [0, 0.05) is 6.04 Å². The minimum Gasteiger partial charge on any atom is -0.484 e. The summed E-state index contributed by atoms with van der Waals surface area (Å²) < 4.78 is 5.45. The Labute approximate surface area is 136 Å². The van der Waals surface area contributed by atoms with Gasteiger partial charge in [0.05, 0.1) is 11.6 Å². The molecule has 0 aliphatic heterocycles. The van der Waals surface area contributed by atoms with Crippen LogP contribution in [0.15, 0.2) is 24.3 Å². The molecule has 1 atom stereocenters. The number of carbonyl (C=O) groups is 2. The number of hydrogen-bond donors (Lipinski definition) is 3. The van der Waals surface area contributed by atoms with Gasteiger partial charge in [-0.05, 0) is 51.3 Å². The van der Waals surface area contributed by atoms with Gasteiger partial charge >= 0.3 is 0 Å². The van der Waals surface area contributed by atoms with Gasteiger partial charge in [0.15, 0.2) is 6.61 Å². The van der Waals surface area contributed by atoms with E-state index in [1.165, 1.54) is 0 Å². The van der Waals surface area contributed by atoms with E-state index in [-0.39, 0.29) is 24.5 Å². The average molecular weight is 319 g/mol. The van der Waals surface area contributed by atoms with Crippen LogP contribution in [-0.4, -0.2) is 30.0 Å². The molecule has 1 aliphatic carbocycles. The summed E-state index contributed by atoms with van der Waals surface area (Å²) in [5.74, 6) is 0.321. The quantitative estimate of drug-likeness (QED) is 0.705. The van der Waals surface area contributed by atoms with Crippen LogP contribution < -0.4 is 21.1 Å². The summed E-state index contributed by atoms with van der Waals surface area (Å²) >= 11 is 0. The molecule has 4 N–H and O–H groups in total. The zero-order chi connectivity index (χ0) is 17.0. The molecule has 0 heterocycles. The third-order valence-corrected chi connectivity index (χ3v) is 3.63. The van der Waals surface area contributed by atoms with E-state index in [2.05, 4.69) is 10.6 Å². The first-order valence-corrected chi connectivity index (χ1v) is 7.87. The smallest absolute Gasteiger partial charge is 0.258 e. The minimum atomic E-state index is -0.910. The van der Waals surface area contributed by atoms with Gasteiger partial charge in [0.1, 0.15) is 5.75 Å². The lowest BCUT2D eigenvalue weighted by Crippen LogP contribution is -2.49. The topological polar surface area (TPSA) is 93.5 Å². The lowest BCUT2D eigenvalue weighted by Gasteiger charge is -2.22. The fraction of sp³-hybridized carbons (Fsp3) is 0.529. The van der Waals surface area contributed by atoms with Crippen molar-refractivity contribution in [1.29, 1.82) is 0 Å². The zero-order valence-electron chi connectivity index (χ0n) is 13.9. The van der Waals surface area contributed by atoms with Crippen LogP contribution in [0.2, 0.25) is 0 Å². The van der Waals surface area contributed by atoms with Crippen LogP contribution in [0.1, 0.15) is 45.2 Å². The Hall–Kier alpha value is -2.08. The highest BCUT2D eigenvalue weighted by Crippen LogP contribution is 2.19. The Morgan fingerprint density at radius 2 is 1.91 bits per heavy atom. The normalized spacial score (nSPS) is 15.7. The molecule has 2 rings (SSSR count). The molecule has 0 radical (unpaired) electrons. The molecule has 126 valence electrons. The van der Waals surface area contributed by atoms with Crippen molar-refractivity contribution in [1.82, 2.24) is 10.6 Å². The number of benzene rings is 1. The van der Waals surface area contributed by atoms with Crippen molar-refractivity contribution < 1.29 is 14.3 Å². The predicted molar refractivity (Wildman–Crippen MR) is 87.9 cm³/mol. The van der Waals surface area contributed by atoms with Crippen LogP contribution in [0.5, 0.6) is 5.75 Å². The first kappa shape index (κ1) is 17.3. The van der Waals surface area contributed by atoms with Gasteiger partial charge in [-0.1, -0.05) is 12.1 Å². The molecule has 1 unspecified atom stereocenters. The molecule has 0 aromatic heterocycles. The molecule has 23 heavy (non-hydrogen) atoms. The van der Waals surface area contributed by atoms with Gasteiger partial charge in [-0.3, -0.25) is 9.59 Å². The maximum absolute atomic E-state index is 11.9. The van der Waals surface area contributed by atoms with Gasteiger partial charge < -0.3 is 21.1 Å². The number of carbonyl (C=O) groups excluding carboxylic acids is 2. The van der Waals surface area contributed by atoms with Crippen molar-refractivity contribution in [2.45, 2.75) is 51.2 Å². The molecule has 0 bridgehead atoms. The molecule has 0 saturated heterocycles. The number of nitrogens with two attached hydrogens (primary N) is 1. The molecule has 2 amide bonds.